The predicted octanol–water partition coefficient (Wildman–Crippen LogP) is 3.71. The predicted molar refractivity (Wildman–Crippen MR) is 76.9 cm³/mol. The number of aromatic nitrogens is 1. The third kappa shape index (κ3) is 3.17. The highest BCUT2D eigenvalue weighted by Crippen LogP contribution is 2.22. The summed E-state index contributed by atoms with van der Waals surface area (Å²) in [5.74, 6) is -0.103. The summed E-state index contributed by atoms with van der Waals surface area (Å²) >= 11 is 4.94. The number of nitrogens with one attached hydrogen (secondary N) is 1. The van der Waals surface area contributed by atoms with Gasteiger partial charge < -0.3 is 5.32 Å². The summed E-state index contributed by atoms with van der Waals surface area (Å²) in [7, 11) is 0. The standard InChI is InChI=1S/C13H13BrN2OS/c1-8-3-5-11(18-8)9(2)16-13(17)10-4-6-12(14)15-7-10/h3-7,9H,1-2H3,(H,16,17). The van der Waals surface area contributed by atoms with Crippen LogP contribution >= 0.6 is 27.3 Å². The molecule has 5 heteroatoms. The van der Waals surface area contributed by atoms with E-state index in [1.165, 1.54) is 4.88 Å². The molecule has 0 saturated heterocycles. The molecule has 3 nitrogen and oxygen atoms in total. The van der Waals surface area contributed by atoms with E-state index in [1.54, 1.807) is 29.7 Å². The number of hydrogen-bond donors (Lipinski definition) is 1. The average molecular weight is 325 g/mol. The Balaban J connectivity index is 2.05. The third-order valence-corrected chi connectivity index (χ3v) is 4.18. The number of nitrogens with zero attached hydrogens (tertiary/aromatic N) is 1. The summed E-state index contributed by atoms with van der Waals surface area (Å²) in [5.41, 5.74) is 0.568. The molecule has 0 aliphatic heterocycles. The van der Waals surface area contributed by atoms with Gasteiger partial charge in [-0.1, -0.05) is 0 Å². The van der Waals surface area contributed by atoms with Gasteiger partial charge in [0.15, 0.2) is 0 Å². The highest BCUT2D eigenvalue weighted by atomic mass is 79.9. The van der Waals surface area contributed by atoms with E-state index in [0.29, 0.717) is 5.56 Å². The highest BCUT2D eigenvalue weighted by molar-refractivity contribution is 9.10. The van der Waals surface area contributed by atoms with Crippen LogP contribution in [0.2, 0.25) is 0 Å². The maximum atomic E-state index is 12.0. The first-order valence-corrected chi connectivity index (χ1v) is 7.16. The van der Waals surface area contributed by atoms with Crippen LogP contribution in [0.3, 0.4) is 0 Å². The van der Waals surface area contributed by atoms with Gasteiger partial charge >= 0.3 is 0 Å². The summed E-state index contributed by atoms with van der Waals surface area (Å²) in [4.78, 5) is 18.4. The average Bonchev–Trinajstić information content (AvgIpc) is 2.76. The zero-order valence-corrected chi connectivity index (χ0v) is 12.5. The lowest BCUT2D eigenvalue weighted by Gasteiger charge is -2.12. The minimum atomic E-state index is -0.103. The molecule has 1 unspecified atom stereocenters. The van der Waals surface area contributed by atoms with Gasteiger partial charge in [0.1, 0.15) is 4.60 Å². The first kappa shape index (κ1) is 13.2. The minimum absolute atomic E-state index is 0.0137. The van der Waals surface area contributed by atoms with Crippen molar-refractivity contribution in [2.24, 2.45) is 0 Å². The number of aryl methyl sites for hydroxylation is 1. The van der Waals surface area contributed by atoms with E-state index < -0.39 is 0 Å². The molecular weight excluding hydrogens is 312 g/mol. The quantitative estimate of drug-likeness (QED) is 0.874. The second-order valence-corrected chi connectivity index (χ2v) is 6.15. The summed E-state index contributed by atoms with van der Waals surface area (Å²) < 4.78 is 0.723. The van der Waals surface area contributed by atoms with E-state index in [2.05, 4.69) is 39.2 Å². The fourth-order valence-electron chi connectivity index (χ4n) is 1.55. The van der Waals surface area contributed by atoms with Crippen LogP contribution in [0.15, 0.2) is 35.1 Å². The lowest BCUT2D eigenvalue weighted by atomic mass is 10.2. The zero-order chi connectivity index (χ0) is 13.1. The van der Waals surface area contributed by atoms with Gasteiger partial charge in [0.2, 0.25) is 0 Å². The molecule has 0 aromatic carbocycles. The van der Waals surface area contributed by atoms with Gasteiger partial charge in [0.25, 0.3) is 5.91 Å². The second kappa shape index (κ2) is 5.63. The first-order chi connectivity index (χ1) is 8.56. The molecule has 1 N–H and O–H groups in total. The Morgan fingerprint density at radius 1 is 1.39 bits per heavy atom. The van der Waals surface area contributed by atoms with E-state index in [4.69, 9.17) is 0 Å². The summed E-state index contributed by atoms with van der Waals surface area (Å²) in [6.07, 6.45) is 1.56. The van der Waals surface area contributed by atoms with Gasteiger partial charge in [-0.25, -0.2) is 4.98 Å². The topological polar surface area (TPSA) is 42.0 Å². The molecule has 2 heterocycles. The number of carbonyl (C=O) groups excluding carboxylic acids is 1. The normalized spacial score (nSPS) is 12.2. The Morgan fingerprint density at radius 3 is 2.72 bits per heavy atom. The Bertz CT molecular complexity index is 550. The van der Waals surface area contributed by atoms with Crippen molar-refractivity contribution in [1.82, 2.24) is 10.3 Å². The Morgan fingerprint density at radius 2 is 2.17 bits per heavy atom. The van der Waals surface area contributed by atoms with Crippen molar-refractivity contribution in [3.8, 4) is 0 Å². The van der Waals surface area contributed by atoms with Crippen LogP contribution in [-0.4, -0.2) is 10.9 Å². The molecule has 0 radical (unpaired) electrons. The molecule has 2 rings (SSSR count). The second-order valence-electron chi connectivity index (χ2n) is 4.01. The minimum Gasteiger partial charge on any atom is -0.345 e. The van der Waals surface area contributed by atoms with E-state index in [1.807, 2.05) is 13.0 Å². The largest absolute Gasteiger partial charge is 0.345 e. The van der Waals surface area contributed by atoms with Gasteiger partial charge in [-0.2, -0.15) is 0 Å². The maximum absolute atomic E-state index is 12.0. The number of rotatable bonds is 3. The number of halogens is 1. The van der Waals surface area contributed by atoms with E-state index in [9.17, 15) is 4.79 Å². The summed E-state index contributed by atoms with van der Waals surface area (Å²) in [5, 5.41) is 2.96. The van der Waals surface area contributed by atoms with Gasteiger partial charge in [0.05, 0.1) is 11.6 Å². The van der Waals surface area contributed by atoms with Gasteiger partial charge in [-0.3, -0.25) is 4.79 Å². The molecule has 0 saturated carbocycles. The van der Waals surface area contributed by atoms with Crippen molar-refractivity contribution >= 4 is 33.2 Å². The third-order valence-electron chi connectivity index (χ3n) is 2.53. The van der Waals surface area contributed by atoms with Crippen LogP contribution in [-0.2, 0) is 0 Å². The highest BCUT2D eigenvalue weighted by Gasteiger charge is 2.12. The first-order valence-electron chi connectivity index (χ1n) is 5.55. The number of thiophene rings is 1. The van der Waals surface area contributed by atoms with Crippen LogP contribution < -0.4 is 5.32 Å². The monoisotopic (exact) mass is 324 g/mol. The van der Waals surface area contributed by atoms with Crippen LogP contribution in [0.5, 0.6) is 0 Å². The van der Waals surface area contributed by atoms with Crippen molar-refractivity contribution < 1.29 is 4.79 Å². The molecule has 0 aliphatic rings. The van der Waals surface area contributed by atoms with E-state index in [0.717, 1.165) is 9.48 Å². The van der Waals surface area contributed by atoms with E-state index in [-0.39, 0.29) is 11.9 Å². The van der Waals surface area contributed by atoms with Crippen LogP contribution in [0.1, 0.15) is 33.1 Å². The van der Waals surface area contributed by atoms with Crippen molar-refractivity contribution in [3.05, 3.63) is 50.4 Å². The SMILES string of the molecule is Cc1ccc(C(C)NC(=O)c2ccc(Br)nc2)s1. The molecule has 0 spiro atoms. The van der Waals surface area contributed by atoms with Crippen molar-refractivity contribution in [3.63, 3.8) is 0 Å². The molecule has 94 valence electrons. The molecule has 2 aromatic rings. The Labute approximate surface area is 118 Å². The van der Waals surface area contributed by atoms with Gasteiger partial charge in [0, 0.05) is 16.0 Å². The molecule has 1 amide bonds. The Kier molecular flexibility index (Phi) is 4.14. The number of amides is 1. The van der Waals surface area contributed by atoms with Crippen molar-refractivity contribution in [2.75, 3.05) is 0 Å². The summed E-state index contributed by atoms with van der Waals surface area (Å²) in [6, 6.07) is 7.63. The van der Waals surface area contributed by atoms with Crippen LogP contribution in [0, 0.1) is 6.92 Å². The van der Waals surface area contributed by atoms with Crippen molar-refractivity contribution in [1.29, 1.82) is 0 Å². The van der Waals surface area contributed by atoms with Gasteiger partial charge in [-0.05, 0) is 54.0 Å². The molecule has 18 heavy (non-hydrogen) atoms. The summed E-state index contributed by atoms with van der Waals surface area (Å²) in [6.45, 7) is 4.04. The van der Waals surface area contributed by atoms with E-state index >= 15 is 0 Å². The molecule has 1 atom stereocenters. The van der Waals surface area contributed by atoms with Crippen LogP contribution in [0.4, 0.5) is 0 Å². The van der Waals surface area contributed by atoms with Crippen LogP contribution in [0.25, 0.3) is 0 Å². The zero-order valence-electron chi connectivity index (χ0n) is 10.1. The molecule has 0 bridgehead atoms. The maximum Gasteiger partial charge on any atom is 0.253 e. The lowest BCUT2D eigenvalue weighted by Crippen LogP contribution is -2.26. The molecule has 2 aromatic heterocycles. The molecule has 0 fully saturated rings. The molecule has 0 aliphatic carbocycles. The number of pyridine rings is 1. The van der Waals surface area contributed by atoms with Gasteiger partial charge in [-0.15, -0.1) is 11.3 Å². The lowest BCUT2D eigenvalue weighted by molar-refractivity contribution is 0.0940. The fraction of sp³-hybridized carbons (Fsp3) is 0.231. The fourth-order valence-corrected chi connectivity index (χ4v) is 2.66. The van der Waals surface area contributed by atoms with Crippen molar-refractivity contribution in [2.45, 2.75) is 19.9 Å². The smallest absolute Gasteiger partial charge is 0.253 e. The Hall–Kier alpha value is -1.20. The number of hydrogen-bond acceptors (Lipinski definition) is 3. The number of carbonyl (C=O) groups is 1. The molecular formula is C13H13BrN2OS.